The van der Waals surface area contributed by atoms with Crippen molar-refractivity contribution in [3.63, 3.8) is 0 Å². The number of hydrogen-bond acceptors (Lipinski definition) is 1. The van der Waals surface area contributed by atoms with Gasteiger partial charge < -0.3 is 5.32 Å². The molecule has 0 aromatic heterocycles. The molecule has 0 aliphatic carbocycles. The number of halogens is 1. The van der Waals surface area contributed by atoms with Crippen molar-refractivity contribution in [2.24, 2.45) is 0 Å². The van der Waals surface area contributed by atoms with Crippen molar-refractivity contribution in [2.75, 3.05) is 0 Å². The molecule has 0 aliphatic heterocycles. The maximum Gasteiger partial charge on any atom is 0.247 e. The lowest BCUT2D eigenvalue weighted by molar-refractivity contribution is -0.117. The smallest absolute Gasteiger partial charge is 0.247 e. The molecule has 0 aromatic carbocycles. The van der Waals surface area contributed by atoms with Crippen LogP contribution < -0.4 is 5.32 Å². The molecule has 2 nitrogen and oxygen atoms in total. The second-order valence-corrected chi connectivity index (χ2v) is 3.23. The first kappa shape index (κ1) is 9.69. The third-order valence-electron chi connectivity index (χ3n) is 1.03. The Balaban J connectivity index is 3.68. The van der Waals surface area contributed by atoms with Crippen molar-refractivity contribution >= 4 is 21.8 Å². The van der Waals surface area contributed by atoms with Gasteiger partial charge in [0.25, 0.3) is 0 Å². The molecule has 1 unspecified atom stereocenters. The zero-order chi connectivity index (χ0) is 8.15. The quantitative estimate of drug-likeness (QED) is 0.426. The number of alkyl halides is 1. The van der Waals surface area contributed by atoms with Crippen LogP contribution in [0.3, 0.4) is 0 Å². The fraction of sp³-hybridized carbons (Fsp3) is 0.571. The number of carbonyl (C=O) groups is 1. The van der Waals surface area contributed by atoms with Crippen LogP contribution in [0, 0.1) is 0 Å². The van der Waals surface area contributed by atoms with E-state index in [2.05, 4.69) is 27.8 Å². The molecule has 0 saturated heterocycles. The Morgan fingerprint density at radius 1 is 1.80 bits per heavy atom. The Morgan fingerprint density at radius 2 is 2.30 bits per heavy atom. The van der Waals surface area contributed by atoms with Crippen molar-refractivity contribution in [2.45, 2.75) is 25.2 Å². The zero-order valence-electron chi connectivity index (χ0n) is 6.28. The second kappa shape index (κ2) is 4.50. The highest BCUT2D eigenvalue weighted by atomic mass is 79.9. The number of carbonyl (C=O) groups excluding carboxylic acids is 1. The van der Waals surface area contributed by atoms with Gasteiger partial charge >= 0.3 is 0 Å². The highest BCUT2D eigenvalue weighted by Crippen LogP contribution is 2.00. The monoisotopic (exact) mass is 205 g/mol. The van der Waals surface area contributed by atoms with Gasteiger partial charge in [0.15, 0.2) is 0 Å². The van der Waals surface area contributed by atoms with Crippen LogP contribution in [0.2, 0.25) is 0 Å². The van der Waals surface area contributed by atoms with Gasteiger partial charge in [-0.3, -0.25) is 4.79 Å². The van der Waals surface area contributed by atoms with Crippen molar-refractivity contribution in [3.05, 3.63) is 12.2 Å². The Labute approximate surface area is 69.8 Å². The lowest BCUT2D eigenvalue weighted by atomic mass is 10.3. The van der Waals surface area contributed by atoms with Gasteiger partial charge in [-0.15, -0.1) is 0 Å². The summed E-state index contributed by atoms with van der Waals surface area (Å²) in [6.07, 6.45) is 0.874. The lowest BCUT2D eigenvalue weighted by Crippen LogP contribution is -2.30. The molecule has 1 amide bonds. The Morgan fingerprint density at radius 3 is 2.60 bits per heavy atom. The Bertz CT molecular complexity index is 145. The topological polar surface area (TPSA) is 29.1 Å². The third-order valence-corrected chi connectivity index (χ3v) is 1.91. The van der Waals surface area contributed by atoms with Gasteiger partial charge in [0.2, 0.25) is 5.91 Å². The molecule has 0 radical (unpaired) electrons. The summed E-state index contributed by atoms with van der Waals surface area (Å²) in [7, 11) is 0. The molecular weight excluding hydrogens is 194 g/mol. The summed E-state index contributed by atoms with van der Waals surface area (Å²) in [5, 5.41) is 2.71. The summed E-state index contributed by atoms with van der Waals surface area (Å²) in [6, 6.07) is 0. The first-order valence-corrected chi connectivity index (χ1v) is 4.10. The summed E-state index contributed by atoms with van der Waals surface area (Å²) in [5.74, 6) is -0.0938. The maximum atomic E-state index is 10.9. The van der Waals surface area contributed by atoms with E-state index < -0.39 is 0 Å². The Kier molecular flexibility index (Phi) is 4.36. The van der Waals surface area contributed by atoms with E-state index in [9.17, 15) is 4.79 Å². The zero-order valence-corrected chi connectivity index (χ0v) is 7.86. The van der Waals surface area contributed by atoms with Crippen molar-refractivity contribution < 1.29 is 4.79 Å². The predicted molar refractivity (Wildman–Crippen MR) is 46.0 cm³/mol. The summed E-state index contributed by atoms with van der Waals surface area (Å²) in [4.78, 5) is 10.9. The maximum absolute atomic E-state index is 10.9. The van der Waals surface area contributed by atoms with E-state index in [1.54, 1.807) is 6.92 Å². The molecule has 0 aliphatic rings. The minimum atomic E-state index is -0.0938. The number of amides is 1. The SMILES string of the molecule is C=C(C)C(=O)NC(Br)CC. The number of nitrogens with one attached hydrogen (secondary N) is 1. The van der Waals surface area contributed by atoms with Gasteiger partial charge in [0, 0.05) is 5.57 Å². The van der Waals surface area contributed by atoms with Crippen LogP contribution in [-0.2, 0) is 4.79 Å². The van der Waals surface area contributed by atoms with Crippen molar-refractivity contribution in [1.82, 2.24) is 5.32 Å². The van der Waals surface area contributed by atoms with E-state index in [-0.39, 0.29) is 10.9 Å². The van der Waals surface area contributed by atoms with Crippen molar-refractivity contribution in [1.29, 1.82) is 0 Å². The van der Waals surface area contributed by atoms with Gasteiger partial charge in [-0.2, -0.15) is 0 Å². The standard InChI is InChI=1S/C7H12BrNO/c1-4-6(8)9-7(10)5(2)3/h6H,2,4H2,1,3H3,(H,9,10). The Hall–Kier alpha value is -0.310. The van der Waals surface area contributed by atoms with Crippen LogP contribution in [0.5, 0.6) is 0 Å². The molecule has 1 N–H and O–H groups in total. The van der Waals surface area contributed by atoms with Crippen LogP contribution in [0.25, 0.3) is 0 Å². The minimum absolute atomic E-state index is 0.0664. The molecule has 0 heterocycles. The van der Waals surface area contributed by atoms with Crippen LogP contribution in [0.4, 0.5) is 0 Å². The summed E-state index contributed by atoms with van der Waals surface area (Å²) in [6.45, 7) is 7.18. The highest BCUT2D eigenvalue weighted by Gasteiger charge is 2.05. The van der Waals surface area contributed by atoms with Crippen molar-refractivity contribution in [3.8, 4) is 0 Å². The molecular formula is C7H12BrNO. The van der Waals surface area contributed by atoms with Gasteiger partial charge in [0.1, 0.15) is 0 Å². The molecule has 0 fully saturated rings. The summed E-state index contributed by atoms with van der Waals surface area (Å²) < 4.78 is 0. The predicted octanol–water partition coefficient (Wildman–Crippen LogP) is 1.81. The lowest BCUT2D eigenvalue weighted by Gasteiger charge is -2.08. The van der Waals surface area contributed by atoms with E-state index in [0.29, 0.717) is 5.57 Å². The van der Waals surface area contributed by atoms with E-state index >= 15 is 0 Å². The van der Waals surface area contributed by atoms with Gasteiger partial charge in [-0.1, -0.05) is 29.4 Å². The number of rotatable bonds is 3. The molecule has 58 valence electrons. The van der Waals surface area contributed by atoms with E-state index in [4.69, 9.17) is 0 Å². The highest BCUT2D eigenvalue weighted by molar-refractivity contribution is 9.09. The van der Waals surface area contributed by atoms with E-state index in [1.165, 1.54) is 0 Å². The second-order valence-electron chi connectivity index (χ2n) is 2.13. The van der Waals surface area contributed by atoms with Gasteiger partial charge in [-0.25, -0.2) is 0 Å². The molecule has 0 rings (SSSR count). The van der Waals surface area contributed by atoms with E-state index in [0.717, 1.165) is 6.42 Å². The molecule has 0 aromatic rings. The van der Waals surface area contributed by atoms with Crippen LogP contribution in [0.1, 0.15) is 20.3 Å². The largest absolute Gasteiger partial charge is 0.340 e. The van der Waals surface area contributed by atoms with Gasteiger partial charge in [0.05, 0.1) is 4.95 Å². The molecule has 0 bridgehead atoms. The molecule has 0 spiro atoms. The van der Waals surface area contributed by atoms with Crippen LogP contribution in [0.15, 0.2) is 12.2 Å². The molecule has 3 heteroatoms. The fourth-order valence-electron chi connectivity index (χ4n) is 0.368. The summed E-state index contributed by atoms with van der Waals surface area (Å²) in [5.41, 5.74) is 0.540. The first-order valence-electron chi connectivity index (χ1n) is 3.18. The normalized spacial score (nSPS) is 12.3. The van der Waals surface area contributed by atoms with Gasteiger partial charge in [-0.05, 0) is 13.3 Å². The van der Waals surface area contributed by atoms with Crippen LogP contribution >= 0.6 is 15.9 Å². The third kappa shape index (κ3) is 3.67. The van der Waals surface area contributed by atoms with E-state index in [1.807, 2.05) is 6.92 Å². The molecule has 1 atom stereocenters. The summed E-state index contributed by atoms with van der Waals surface area (Å²) >= 11 is 3.27. The molecule has 10 heavy (non-hydrogen) atoms. The average molecular weight is 206 g/mol. The fourth-order valence-corrected chi connectivity index (χ4v) is 0.575. The first-order chi connectivity index (χ1) is 4.57. The number of hydrogen-bond donors (Lipinski definition) is 1. The van der Waals surface area contributed by atoms with Crippen LogP contribution in [-0.4, -0.2) is 10.9 Å². The minimum Gasteiger partial charge on any atom is -0.340 e. The average Bonchev–Trinajstić information content (AvgIpc) is 1.87. The molecule has 0 saturated carbocycles.